The summed E-state index contributed by atoms with van der Waals surface area (Å²) in [5, 5.41) is 3.24. The predicted octanol–water partition coefficient (Wildman–Crippen LogP) is 2.02. The Hall–Kier alpha value is -1.51. The molecule has 16 heavy (non-hydrogen) atoms. The van der Waals surface area contributed by atoms with Gasteiger partial charge in [0.25, 0.3) is 0 Å². The van der Waals surface area contributed by atoms with Crippen LogP contribution >= 0.6 is 0 Å². The van der Waals surface area contributed by atoms with Crippen molar-refractivity contribution in [1.29, 1.82) is 0 Å². The molecule has 0 aliphatic rings. The average molecular weight is 219 g/mol. The monoisotopic (exact) mass is 219 g/mol. The maximum Gasteiger partial charge on any atom is 0.193 e. The summed E-state index contributed by atoms with van der Waals surface area (Å²) in [6, 6.07) is 8.45. The average Bonchev–Trinajstić information content (AvgIpc) is 2.24. The molecule has 0 aliphatic heterocycles. The largest absolute Gasteiger partial charge is 0.357 e. The van der Waals surface area contributed by atoms with E-state index in [0.717, 1.165) is 19.0 Å². The molecular formula is C13H21N3. The predicted molar refractivity (Wildman–Crippen MR) is 69.7 cm³/mol. The van der Waals surface area contributed by atoms with E-state index in [4.69, 9.17) is 0 Å². The Labute approximate surface area is 98.2 Å². The molecule has 1 aromatic carbocycles. The van der Waals surface area contributed by atoms with Crippen LogP contribution in [-0.4, -0.2) is 31.5 Å². The van der Waals surface area contributed by atoms with E-state index in [0.29, 0.717) is 0 Å². The number of hydrogen-bond donors (Lipinski definition) is 1. The standard InChI is InChI=1S/C13H21N3/c1-5-14-13(16(3)4)15-10-12-8-6-7-11(2)9-12/h6-9H,5,10H2,1-4H3,(H,14,15). The number of rotatable bonds is 3. The first kappa shape index (κ1) is 12.6. The van der Waals surface area contributed by atoms with Gasteiger partial charge in [-0.3, -0.25) is 0 Å². The van der Waals surface area contributed by atoms with Gasteiger partial charge in [-0.1, -0.05) is 29.8 Å². The molecule has 1 N–H and O–H groups in total. The Morgan fingerprint density at radius 2 is 2.12 bits per heavy atom. The van der Waals surface area contributed by atoms with Crippen molar-refractivity contribution in [3.8, 4) is 0 Å². The van der Waals surface area contributed by atoms with E-state index in [2.05, 4.69) is 48.4 Å². The fourth-order valence-electron chi connectivity index (χ4n) is 1.49. The van der Waals surface area contributed by atoms with Crippen molar-refractivity contribution in [2.24, 2.45) is 4.99 Å². The topological polar surface area (TPSA) is 27.6 Å². The minimum atomic E-state index is 0.724. The highest BCUT2D eigenvalue weighted by atomic mass is 15.3. The van der Waals surface area contributed by atoms with Crippen molar-refractivity contribution in [3.05, 3.63) is 35.4 Å². The second-order valence-electron chi connectivity index (χ2n) is 4.05. The lowest BCUT2D eigenvalue weighted by molar-refractivity contribution is 0.583. The van der Waals surface area contributed by atoms with Gasteiger partial charge >= 0.3 is 0 Å². The van der Waals surface area contributed by atoms with Crippen LogP contribution in [0, 0.1) is 6.92 Å². The molecule has 3 nitrogen and oxygen atoms in total. The van der Waals surface area contributed by atoms with Crippen molar-refractivity contribution in [3.63, 3.8) is 0 Å². The molecule has 1 aromatic rings. The zero-order valence-electron chi connectivity index (χ0n) is 10.6. The van der Waals surface area contributed by atoms with Crippen LogP contribution in [0.3, 0.4) is 0 Å². The second-order valence-corrected chi connectivity index (χ2v) is 4.05. The van der Waals surface area contributed by atoms with Crippen LogP contribution in [0.5, 0.6) is 0 Å². The number of aliphatic imine (C=N–C) groups is 1. The number of hydrogen-bond acceptors (Lipinski definition) is 1. The van der Waals surface area contributed by atoms with E-state index in [1.54, 1.807) is 0 Å². The van der Waals surface area contributed by atoms with Crippen molar-refractivity contribution in [2.45, 2.75) is 20.4 Å². The van der Waals surface area contributed by atoms with Gasteiger partial charge in [-0.05, 0) is 19.4 Å². The molecule has 1 rings (SSSR count). The van der Waals surface area contributed by atoms with Gasteiger partial charge in [-0.15, -0.1) is 0 Å². The molecule has 0 heterocycles. The summed E-state index contributed by atoms with van der Waals surface area (Å²) < 4.78 is 0. The quantitative estimate of drug-likeness (QED) is 0.622. The SMILES string of the molecule is CCNC(=NCc1cccc(C)c1)N(C)C. The lowest BCUT2D eigenvalue weighted by atomic mass is 10.1. The number of aryl methyl sites for hydroxylation is 1. The van der Waals surface area contributed by atoms with Crippen LogP contribution in [0.25, 0.3) is 0 Å². The number of nitrogens with zero attached hydrogens (tertiary/aromatic N) is 2. The molecule has 0 radical (unpaired) electrons. The van der Waals surface area contributed by atoms with Crippen LogP contribution in [-0.2, 0) is 6.54 Å². The maximum absolute atomic E-state index is 4.56. The fraction of sp³-hybridized carbons (Fsp3) is 0.462. The lowest BCUT2D eigenvalue weighted by Gasteiger charge is -2.16. The lowest BCUT2D eigenvalue weighted by Crippen LogP contribution is -2.36. The van der Waals surface area contributed by atoms with Gasteiger partial charge in [0.15, 0.2) is 5.96 Å². The highest BCUT2D eigenvalue weighted by Crippen LogP contribution is 2.05. The van der Waals surface area contributed by atoms with Gasteiger partial charge in [0, 0.05) is 20.6 Å². The molecule has 88 valence electrons. The Balaban J connectivity index is 2.69. The molecule has 0 aromatic heterocycles. The summed E-state index contributed by atoms with van der Waals surface area (Å²) in [6.45, 7) is 5.79. The minimum Gasteiger partial charge on any atom is -0.357 e. The van der Waals surface area contributed by atoms with E-state index in [1.165, 1.54) is 11.1 Å². The van der Waals surface area contributed by atoms with Gasteiger partial charge in [0.05, 0.1) is 6.54 Å². The van der Waals surface area contributed by atoms with E-state index in [1.807, 2.05) is 19.0 Å². The number of benzene rings is 1. The first-order chi connectivity index (χ1) is 7.63. The molecule has 0 spiro atoms. The highest BCUT2D eigenvalue weighted by Gasteiger charge is 1.99. The normalized spacial score (nSPS) is 11.4. The van der Waals surface area contributed by atoms with Crippen LogP contribution in [0.1, 0.15) is 18.1 Å². The zero-order valence-corrected chi connectivity index (χ0v) is 10.6. The third-order valence-electron chi connectivity index (χ3n) is 2.25. The van der Waals surface area contributed by atoms with E-state index >= 15 is 0 Å². The molecule has 0 atom stereocenters. The molecule has 0 fully saturated rings. The van der Waals surface area contributed by atoms with Gasteiger partial charge in [0.1, 0.15) is 0 Å². The van der Waals surface area contributed by atoms with Gasteiger partial charge in [-0.25, -0.2) is 4.99 Å². The van der Waals surface area contributed by atoms with Crippen LogP contribution < -0.4 is 5.32 Å². The van der Waals surface area contributed by atoms with Gasteiger partial charge in [0.2, 0.25) is 0 Å². The summed E-state index contributed by atoms with van der Waals surface area (Å²) in [4.78, 5) is 6.56. The summed E-state index contributed by atoms with van der Waals surface area (Å²) >= 11 is 0. The summed E-state index contributed by atoms with van der Waals surface area (Å²) in [5.41, 5.74) is 2.53. The van der Waals surface area contributed by atoms with Gasteiger partial charge in [-0.2, -0.15) is 0 Å². The van der Waals surface area contributed by atoms with Crippen LogP contribution in [0.15, 0.2) is 29.3 Å². The van der Waals surface area contributed by atoms with Crippen molar-refractivity contribution in [1.82, 2.24) is 10.2 Å². The summed E-state index contributed by atoms with van der Waals surface area (Å²) in [5.74, 6) is 0.934. The summed E-state index contributed by atoms with van der Waals surface area (Å²) in [6.07, 6.45) is 0. The Morgan fingerprint density at radius 3 is 2.69 bits per heavy atom. The molecule has 0 bridgehead atoms. The van der Waals surface area contributed by atoms with E-state index < -0.39 is 0 Å². The van der Waals surface area contributed by atoms with Gasteiger partial charge < -0.3 is 10.2 Å². The fourth-order valence-corrected chi connectivity index (χ4v) is 1.49. The molecule has 0 saturated heterocycles. The molecule has 3 heteroatoms. The number of guanidine groups is 1. The van der Waals surface area contributed by atoms with Crippen molar-refractivity contribution in [2.75, 3.05) is 20.6 Å². The third kappa shape index (κ3) is 3.93. The number of nitrogens with one attached hydrogen (secondary N) is 1. The molecule has 0 aliphatic carbocycles. The maximum atomic E-state index is 4.56. The Morgan fingerprint density at radius 1 is 1.38 bits per heavy atom. The highest BCUT2D eigenvalue weighted by molar-refractivity contribution is 5.79. The molecule has 0 amide bonds. The smallest absolute Gasteiger partial charge is 0.193 e. The minimum absolute atomic E-state index is 0.724. The molecule has 0 unspecified atom stereocenters. The second kappa shape index (κ2) is 6.16. The first-order valence-electron chi connectivity index (χ1n) is 5.64. The Kier molecular flexibility index (Phi) is 4.83. The van der Waals surface area contributed by atoms with Crippen LogP contribution in [0.4, 0.5) is 0 Å². The van der Waals surface area contributed by atoms with E-state index in [9.17, 15) is 0 Å². The van der Waals surface area contributed by atoms with Crippen molar-refractivity contribution >= 4 is 5.96 Å². The molecular weight excluding hydrogens is 198 g/mol. The Bertz CT molecular complexity index is 356. The summed E-state index contributed by atoms with van der Waals surface area (Å²) in [7, 11) is 4.00. The first-order valence-corrected chi connectivity index (χ1v) is 5.64. The third-order valence-corrected chi connectivity index (χ3v) is 2.25. The van der Waals surface area contributed by atoms with Crippen molar-refractivity contribution < 1.29 is 0 Å². The molecule has 0 saturated carbocycles. The van der Waals surface area contributed by atoms with E-state index in [-0.39, 0.29) is 0 Å². The zero-order chi connectivity index (χ0) is 12.0. The van der Waals surface area contributed by atoms with Crippen LogP contribution in [0.2, 0.25) is 0 Å².